The van der Waals surface area contributed by atoms with E-state index in [1.165, 1.54) is 12.8 Å². The zero-order valence-corrected chi connectivity index (χ0v) is 19.6. The summed E-state index contributed by atoms with van der Waals surface area (Å²) in [6, 6.07) is 10.3. The smallest absolute Gasteiger partial charge is 0.475 e. The van der Waals surface area contributed by atoms with E-state index < -0.39 is 12.1 Å². The number of hydrogen-bond acceptors (Lipinski definition) is 7. The van der Waals surface area contributed by atoms with Crippen LogP contribution in [0.4, 0.5) is 24.8 Å². The molecule has 0 unspecified atom stereocenters. The van der Waals surface area contributed by atoms with Crippen LogP contribution in [-0.2, 0) is 4.79 Å². The Morgan fingerprint density at radius 3 is 2.31 bits per heavy atom. The molecule has 190 valence electrons. The first kappa shape index (κ1) is 25.3. The summed E-state index contributed by atoms with van der Waals surface area (Å²) in [5.74, 6) is -0.670. The second kappa shape index (κ2) is 10.5. The van der Waals surface area contributed by atoms with Gasteiger partial charge in [0.05, 0.1) is 11.7 Å². The average molecular weight is 502 g/mol. The topological polar surface area (TPSA) is 108 Å². The third kappa shape index (κ3) is 6.07. The number of carbonyl (C=O) groups is 2. The van der Waals surface area contributed by atoms with Crippen LogP contribution in [0, 0.1) is 12.8 Å². The Morgan fingerprint density at radius 2 is 1.69 bits per heavy atom. The van der Waals surface area contributed by atoms with E-state index in [4.69, 9.17) is 19.9 Å². The molecule has 36 heavy (non-hydrogen) atoms. The van der Waals surface area contributed by atoms with E-state index in [-0.39, 0.29) is 11.7 Å². The van der Waals surface area contributed by atoms with E-state index in [0.29, 0.717) is 6.04 Å². The van der Waals surface area contributed by atoms with E-state index in [9.17, 15) is 18.0 Å². The lowest BCUT2D eigenvalue weighted by Crippen LogP contribution is -2.37. The van der Waals surface area contributed by atoms with E-state index in [1.807, 2.05) is 37.3 Å². The predicted molar refractivity (Wildman–Crippen MR) is 128 cm³/mol. The molecule has 1 saturated heterocycles. The molecule has 2 aliphatic rings. The molecule has 11 heteroatoms. The average Bonchev–Trinajstić information content (AvgIpc) is 3.67. The monoisotopic (exact) mass is 501 g/mol. The third-order valence-electron chi connectivity index (χ3n) is 6.18. The van der Waals surface area contributed by atoms with Crippen LogP contribution in [0.2, 0.25) is 0 Å². The Bertz CT molecular complexity index is 1260. The number of Topliss-reactive ketones (excluding diaryl/α,β-unsaturated/α-hetero) is 1. The molecular formula is C25H26F3N5O3. The van der Waals surface area contributed by atoms with Gasteiger partial charge in [-0.1, -0.05) is 24.3 Å². The fourth-order valence-corrected chi connectivity index (χ4v) is 4.06. The summed E-state index contributed by atoms with van der Waals surface area (Å²) in [5.41, 5.74) is 3.58. The first-order chi connectivity index (χ1) is 17.1. The number of rotatable bonds is 5. The summed E-state index contributed by atoms with van der Waals surface area (Å²) in [7, 11) is 0. The number of carboxylic acid groups (broad SMARTS) is 1. The summed E-state index contributed by atoms with van der Waals surface area (Å²) in [4.78, 5) is 38.0. The predicted octanol–water partition coefficient (Wildman–Crippen LogP) is 4.64. The molecule has 0 spiro atoms. The molecule has 2 aromatic heterocycles. The minimum atomic E-state index is -5.08. The van der Waals surface area contributed by atoms with Crippen molar-refractivity contribution in [1.29, 1.82) is 0 Å². The summed E-state index contributed by atoms with van der Waals surface area (Å²) in [6.45, 7) is 3.63. The molecule has 3 aromatic rings. The van der Waals surface area contributed by atoms with E-state index in [1.54, 1.807) is 12.4 Å². The highest BCUT2D eigenvalue weighted by Crippen LogP contribution is 2.33. The van der Waals surface area contributed by atoms with Crippen molar-refractivity contribution in [2.75, 3.05) is 23.3 Å². The van der Waals surface area contributed by atoms with Gasteiger partial charge in [0.25, 0.3) is 0 Å². The molecule has 2 N–H and O–H groups in total. The van der Waals surface area contributed by atoms with Crippen molar-refractivity contribution in [1.82, 2.24) is 15.0 Å². The molecule has 8 nitrogen and oxygen atoms in total. The Kier molecular flexibility index (Phi) is 7.37. The first-order valence-electron chi connectivity index (χ1n) is 11.7. The summed E-state index contributed by atoms with van der Waals surface area (Å²) in [6.07, 6.45) is 2.47. The fraction of sp³-hybridized carbons (Fsp3) is 0.400. The van der Waals surface area contributed by atoms with Gasteiger partial charge in [0.2, 0.25) is 0 Å². The van der Waals surface area contributed by atoms with Gasteiger partial charge in [0.15, 0.2) is 17.4 Å². The number of fused-ring (bicyclic) bond motifs is 1. The number of aromatic nitrogens is 3. The molecule has 2 fully saturated rings. The van der Waals surface area contributed by atoms with Crippen LogP contribution in [0.1, 0.15) is 41.6 Å². The van der Waals surface area contributed by atoms with Crippen molar-refractivity contribution < 1.29 is 27.9 Å². The number of pyridine rings is 1. The maximum atomic E-state index is 13.0. The Balaban J connectivity index is 0.000000384. The molecule has 0 radical (unpaired) electrons. The number of nitrogens with one attached hydrogen (secondary N) is 1. The van der Waals surface area contributed by atoms with Gasteiger partial charge in [-0.3, -0.25) is 9.78 Å². The van der Waals surface area contributed by atoms with Gasteiger partial charge < -0.3 is 15.3 Å². The van der Waals surface area contributed by atoms with Crippen LogP contribution in [-0.4, -0.2) is 57.1 Å². The van der Waals surface area contributed by atoms with Crippen LogP contribution < -0.4 is 10.2 Å². The van der Waals surface area contributed by atoms with E-state index in [0.717, 1.165) is 59.7 Å². The van der Waals surface area contributed by atoms with E-state index >= 15 is 0 Å². The lowest BCUT2D eigenvalue weighted by molar-refractivity contribution is -0.192. The molecule has 0 amide bonds. The normalized spacial score (nSPS) is 16.3. The van der Waals surface area contributed by atoms with Crippen LogP contribution in [0.3, 0.4) is 0 Å². The number of piperidine rings is 1. The second-order valence-corrected chi connectivity index (χ2v) is 8.92. The van der Waals surface area contributed by atoms with Gasteiger partial charge in [-0.15, -0.1) is 0 Å². The molecule has 1 aromatic carbocycles. The Labute approximate surface area is 205 Å². The highest BCUT2D eigenvalue weighted by atomic mass is 19.4. The van der Waals surface area contributed by atoms with Crippen molar-refractivity contribution in [3.8, 4) is 0 Å². The lowest BCUT2D eigenvalue weighted by Gasteiger charge is -2.33. The van der Waals surface area contributed by atoms with Gasteiger partial charge in [-0.25, -0.2) is 14.8 Å². The quantitative estimate of drug-likeness (QED) is 0.487. The van der Waals surface area contributed by atoms with Crippen LogP contribution in [0.15, 0.2) is 42.7 Å². The van der Waals surface area contributed by atoms with Gasteiger partial charge in [-0.05, 0) is 44.2 Å². The highest BCUT2D eigenvalue weighted by molar-refractivity contribution is 5.99. The SMILES string of the molecule is Cc1ccccc1C(=O)C1CCN(c2nc3cnccc3nc2NC2CC2)CC1.O=C(O)C(F)(F)F. The molecule has 3 heterocycles. The number of aliphatic carboxylic acids is 1. The van der Waals surface area contributed by atoms with Crippen LogP contribution in [0.5, 0.6) is 0 Å². The molecule has 1 aliphatic heterocycles. The van der Waals surface area contributed by atoms with Gasteiger partial charge in [-0.2, -0.15) is 13.2 Å². The number of nitrogens with zero attached hydrogens (tertiary/aromatic N) is 4. The number of hydrogen-bond donors (Lipinski definition) is 2. The van der Waals surface area contributed by atoms with Crippen molar-refractivity contribution in [3.63, 3.8) is 0 Å². The number of alkyl halides is 3. The molecule has 0 bridgehead atoms. The minimum Gasteiger partial charge on any atom is -0.475 e. The molecule has 5 rings (SSSR count). The van der Waals surface area contributed by atoms with E-state index in [2.05, 4.69) is 15.2 Å². The van der Waals surface area contributed by atoms with Crippen molar-refractivity contribution in [2.45, 2.75) is 44.8 Å². The summed E-state index contributed by atoms with van der Waals surface area (Å²) < 4.78 is 31.7. The lowest BCUT2D eigenvalue weighted by atomic mass is 9.87. The standard InChI is InChI=1S/C23H25N5O.C2HF3O2/c1-15-4-2-3-5-18(15)21(29)16-9-12-28(13-10-16)23-22(25-17-6-7-17)26-19-8-11-24-14-20(19)27-23;3-2(4,5)1(6)7/h2-5,8,11,14,16-17H,6-7,9-10,12-13H2,1H3,(H,25,26);(H,6,7). The highest BCUT2D eigenvalue weighted by Gasteiger charge is 2.38. The van der Waals surface area contributed by atoms with Crippen LogP contribution >= 0.6 is 0 Å². The Morgan fingerprint density at radius 1 is 1.03 bits per heavy atom. The molecule has 1 aliphatic carbocycles. The van der Waals surface area contributed by atoms with Crippen molar-refractivity contribution in [3.05, 3.63) is 53.9 Å². The summed E-state index contributed by atoms with van der Waals surface area (Å²) in [5, 5.41) is 10.7. The molecule has 1 saturated carbocycles. The minimum absolute atomic E-state index is 0.0715. The van der Waals surface area contributed by atoms with Crippen LogP contribution in [0.25, 0.3) is 11.0 Å². The maximum Gasteiger partial charge on any atom is 0.490 e. The zero-order chi connectivity index (χ0) is 25.9. The molecular weight excluding hydrogens is 475 g/mol. The summed E-state index contributed by atoms with van der Waals surface area (Å²) >= 11 is 0. The number of ketones is 1. The number of carbonyl (C=O) groups excluding carboxylic acids is 1. The Hall–Kier alpha value is -3.76. The number of aryl methyl sites for hydroxylation is 1. The number of carboxylic acids is 1. The van der Waals surface area contributed by atoms with Crippen molar-refractivity contribution in [2.24, 2.45) is 5.92 Å². The maximum absolute atomic E-state index is 13.0. The number of anilines is 2. The third-order valence-corrected chi connectivity index (χ3v) is 6.18. The van der Waals surface area contributed by atoms with Gasteiger partial charge >= 0.3 is 12.1 Å². The second-order valence-electron chi connectivity index (χ2n) is 8.92. The fourth-order valence-electron chi connectivity index (χ4n) is 4.06. The number of halogens is 3. The van der Waals surface area contributed by atoms with Crippen molar-refractivity contribution >= 4 is 34.4 Å². The largest absolute Gasteiger partial charge is 0.490 e. The molecule has 0 atom stereocenters. The first-order valence-corrected chi connectivity index (χ1v) is 11.7. The van der Waals surface area contributed by atoms with Gasteiger partial charge in [0.1, 0.15) is 5.52 Å². The van der Waals surface area contributed by atoms with Gasteiger partial charge in [0, 0.05) is 36.8 Å². The number of benzene rings is 1. The zero-order valence-electron chi connectivity index (χ0n) is 19.6.